The first kappa shape index (κ1) is 18.3. The number of amides is 1. The second kappa shape index (κ2) is 9.30. The first-order chi connectivity index (χ1) is 11.6. The second-order valence-corrected chi connectivity index (χ2v) is 6.37. The quantitative estimate of drug-likeness (QED) is 0.793. The van der Waals surface area contributed by atoms with Crippen molar-refractivity contribution >= 4 is 11.9 Å². The SMILES string of the molecule is COc1ccc(CCCC(=O)N2CCCC[C@H]2CCC(=O)O)cc1. The Balaban J connectivity index is 1.79. The van der Waals surface area contributed by atoms with Crippen molar-refractivity contribution in [3.05, 3.63) is 29.8 Å². The van der Waals surface area contributed by atoms with Crippen LogP contribution in [-0.4, -0.2) is 41.6 Å². The third-order valence-electron chi connectivity index (χ3n) is 4.65. The molecule has 0 aliphatic carbocycles. The standard InChI is InChI=1S/C19H27NO4/c1-24-17-11-8-15(9-12-17)5-4-7-18(21)20-14-3-2-6-16(20)10-13-19(22)23/h8-9,11-12,16H,2-7,10,13-14H2,1H3,(H,22,23)/t16-/m0/s1. The summed E-state index contributed by atoms with van der Waals surface area (Å²) >= 11 is 0. The molecule has 1 amide bonds. The van der Waals surface area contributed by atoms with Crippen molar-refractivity contribution in [2.75, 3.05) is 13.7 Å². The summed E-state index contributed by atoms with van der Waals surface area (Å²) in [5.74, 6) is 0.218. The summed E-state index contributed by atoms with van der Waals surface area (Å²) in [5, 5.41) is 8.86. The van der Waals surface area contributed by atoms with Crippen LogP contribution in [0.4, 0.5) is 0 Å². The Hall–Kier alpha value is -2.04. The summed E-state index contributed by atoms with van der Waals surface area (Å²) in [6.07, 6.45) is 5.94. The fourth-order valence-electron chi connectivity index (χ4n) is 3.30. The van der Waals surface area contributed by atoms with E-state index in [1.807, 2.05) is 29.2 Å². The third-order valence-corrected chi connectivity index (χ3v) is 4.65. The highest BCUT2D eigenvalue weighted by Gasteiger charge is 2.26. The van der Waals surface area contributed by atoms with Crippen LogP contribution in [0, 0.1) is 0 Å². The number of aliphatic carboxylic acids is 1. The zero-order chi connectivity index (χ0) is 17.4. The predicted molar refractivity (Wildman–Crippen MR) is 92.2 cm³/mol. The molecular formula is C19H27NO4. The number of piperidine rings is 1. The lowest BCUT2D eigenvalue weighted by molar-refractivity contribution is -0.140. The van der Waals surface area contributed by atoms with Gasteiger partial charge in [-0.3, -0.25) is 9.59 Å². The van der Waals surface area contributed by atoms with Gasteiger partial charge in [0.1, 0.15) is 5.75 Å². The van der Waals surface area contributed by atoms with E-state index in [2.05, 4.69) is 0 Å². The molecular weight excluding hydrogens is 306 g/mol. The molecule has 1 saturated heterocycles. The summed E-state index contributed by atoms with van der Waals surface area (Å²) in [6.45, 7) is 0.769. The number of likely N-dealkylation sites (tertiary alicyclic amines) is 1. The molecule has 5 nitrogen and oxygen atoms in total. The first-order valence-electron chi connectivity index (χ1n) is 8.74. The van der Waals surface area contributed by atoms with Crippen molar-refractivity contribution in [1.82, 2.24) is 4.90 Å². The van der Waals surface area contributed by atoms with Crippen molar-refractivity contribution < 1.29 is 19.4 Å². The molecule has 5 heteroatoms. The number of carboxylic acid groups (broad SMARTS) is 1. The number of hydrogen-bond acceptors (Lipinski definition) is 3. The van der Waals surface area contributed by atoms with Gasteiger partial charge in [-0.25, -0.2) is 0 Å². The first-order valence-corrected chi connectivity index (χ1v) is 8.74. The van der Waals surface area contributed by atoms with E-state index in [4.69, 9.17) is 9.84 Å². The van der Waals surface area contributed by atoms with Gasteiger partial charge in [0.15, 0.2) is 0 Å². The summed E-state index contributed by atoms with van der Waals surface area (Å²) < 4.78 is 5.14. The average Bonchev–Trinajstić information content (AvgIpc) is 2.60. The van der Waals surface area contributed by atoms with Crippen molar-refractivity contribution in [3.8, 4) is 5.75 Å². The normalized spacial score (nSPS) is 17.5. The predicted octanol–water partition coefficient (Wildman–Crippen LogP) is 3.26. The summed E-state index contributed by atoms with van der Waals surface area (Å²) in [4.78, 5) is 25.2. The van der Waals surface area contributed by atoms with Crippen LogP contribution in [0.15, 0.2) is 24.3 Å². The number of carbonyl (C=O) groups is 2. The van der Waals surface area contributed by atoms with E-state index >= 15 is 0 Å². The molecule has 0 saturated carbocycles. The highest BCUT2D eigenvalue weighted by Crippen LogP contribution is 2.22. The minimum atomic E-state index is -0.785. The molecule has 0 spiro atoms. The van der Waals surface area contributed by atoms with Crippen LogP contribution in [0.25, 0.3) is 0 Å². The van der Waals surface area contributed by atoms with E-state index in [0.717, 1.165) is 44.4 Å². The number of carboxylic acids is 1. The van der Waals surface area contributed by atoms with Crippen LogP contribution in [0.3, 0.4) is 0 Å². The van der Waals surface area contributed by atoms with Crippen LogP contribution >= 0.6 is 0 Å². The van der Waals surface area contributed by atoms with Crippen LogP contribution in [0.5, 0.6) is 5.75 Å². The van der Waals surface area contributed by atoms with Gasteiger partial charge in [0.25, 0.3) is 0 Å². The molecule has 1 N–H and O–H groups in total. The largest absolute Gasteiger partial charge is 0.497 e. The van der Waals surface area contributed by atoms with E-state index in [1.54, 1.807) is 7.11 Å². The lowest BCUT2D eigenvalue weighted by atomic mass is 9.97. The van der Waals surface area contributed by atoms with Crippen molar-refractivity contribution in [2.24, 2.45) is 0 Å². The molecule has 2 rings (SSSR count). The van der Waals surface area contributed by atoms with Crippen molar-refractivity contribution in [2.45, 2.75) is 57.4 Å². The van der Waals surface area contributed by atoms with E-state index in [-0.39, 0.29) is 18.4 Å². The topological polar surface area (TPSA) is 66.8 Å². The number of hydrogen-bond donors (Lipinski definition) is 1. The second-order valence-electron chi connectivity index (χ2n) is 6.37. The van der Waals surface area contributed by atoms with Crippen molar-refractivity contribution in [1.29, 1.82) is 0 Å². The molecule has 1 heterocycles. The summed E-state index contributed by atoms with van der Waals surface area (Å²) in [6, 6.07) is 8.02. The van der Waals surface area contributed by atoms with Crippen LogP contribution < -0.4 is 4.74 Å². The van der Waals surface area contributed by atoms with Crippen molar-refractivity contribution in [3.63, 3.8) is 0 Å². The molecule has 0 unspecified atom stereocenters. The molecule has 1 aromatic rings. The van der Waals surface area contributed by atoms with E-state index in [1.165, 1.54) is 5.56 Å². The number of ether oxygens (including phenoxy) is 1. The minimum absolute atomic E-state index is 0.100. The van der Waals surface area contributed by atoms with E-state index in [0.29, 0.717) is 12.8 Å². The molecule has 24 heavy (non-hydrogen) atoms. The molecule has 1 aliphatic rings. The number of methoxy groups -OCH3 is 1. The Labute approximate surface area is 143 Å². The number of aryl methyl sites for hydroxylation is 1. The Bertz CT molecular complexity index is 541. The maximum atomic E-state index is 12.5. The minimum Gasteiger partial charge on any atom is -0.497 e. The monoisotopic (exact) mass is 333 g/mol. The fraction of sp³-hybridized carbons (Fsp3) is 0.579. The van der Waals surface area contributed by atoms with Gasteiger partial charge in [0.2, 0.25) is 5.91 Å². The molecule has 0 aromatic heterocycles. The Morgan fingerprint density at radius 1 is 1.21 bits per heavy atom. The maximum absolute atomic E-state index is 12.5. The van der Waals surface area contributed by atoms with Gasteiger partial charge in [0.05, 0.1) is 7.11 Å². The van der Waals surface area contributed by atoms with Crippen LogP contribution in [0.2, 0.25) is 0 Å². The van der Waals surface area contributed by atoms with Gasteiger partial charge in [-0.15, -0.1) is 0 Å². The zero-order valence-corrected chi connectivity index (χ0v) is 14.4. The summed E-state index contributed by atoms with van der Waals surface area (Å²) in [7, 11) is 1.65. The highest BCUT2D eigenvalue weighted by atomic mass is 16.5. The molecule has 1 aliphatic heterocycles. The van der Waals surface area contributed by atoms with Gasteiger partial charge in [-0.05, 0) is 56.2 Å². The number of nitrogens with zero attached hydrogens (tertiary/aromatic N) is 1. The number of benzene rings is 1. The average molecular weight is 333 g/mol. The Morgan fingerprint density at radius 3 is 2.62 bits per heavy atom. The maximum Gasteiger partial charge on any atom is 0.303 e. The smallest absolute Gasteiger partial charge is 0.303 e. The van der Waals surface area contributed by atoms with Gasteiger partial charge in [0, 0.05) is 25.4 Å². The van der Waals surface area contributed by atoms with Gasteiger partial charge >= 0.3 is 5.97 Å². The fourth-order valence-corrected chi connectivity index (χ4v) is 3.30. The van der Waals surface area contributed by atoms with Gasteiger partial charge in [-0.1, -0.05) is 12.1 Å². The summed E-state index contributed by atoms with van der Waals surface area (Å²) in [5.41, 5.74) is 1.20. The lowest BCUT2D eigenvalue weighted by Gasteiger charge is -2.35. The lowest BCUT2D eigenvalue weighted by Crippen LogP contribution is -2.43. The van der Waals surface area contributed by atoms with E-state index in [9.17, 15) is 9.59 Å². The molecule has 1 aromatic carbocycles. The number of rotatable bonds is 8. The van der Waals surface area contributed by atoms with Crippen LogP contribution in [-0.2, 0) is 16.0 Å². The molecule has 132 valence electrons. The van der Waals surface area contributed by atoms with Gasteiger partial charge in [-0.2, -0.15) is 0 Å². The highest BCUT2D eigenvalue weighted by molar-refractivity contribution is 5.76. The van der Waals surface area contributed by atoms with Gasteiger partial charge < -0.3 is 14.7 Å². The molecule has 0 bridgehead atoms. The Morgan fingerprint density at radius 2 is 1.96 bits per heavy atom. The third kappa shape index (κ3) is 5.55. The molecule has 1 fully saturated rings. The molecule has 1 atom stereocenters. The zero-order valence-electron chi connectivity index (χ0n) is 14.4. The molecule has 0 radical (unpaired) electrons. The van der Waals surface area contributed by atoms with Crippen LogP contribution in [0.1, 0.15) is 50.5 Å². The number of carbonyl (C=O) groups excluding carboxylic acids is 1. The Kier molecular flexibility index (Phi) is 7.09. The van der Waals surface area contributed by atoms with E-state index < -0.39 is 5.97 Å².